The standard InChI is InChI=1S/C14H20O/c1-5-6-10-14(2,3)12-8-7-9-13(11-12)15-4/h6-11H,5H2,1-4H3/b10-6-. The Kier molecular flexibility index (Phi) is 3.96. The van der Waals surface area contributed by atoms with Crippen molar-refractivity contribution in [3.8, 4) is 5.75 Å². The molecule has 0 heterocycles. The Bertz CT molecular complexity index is 337. The summed E-state index contributed by atoms with van der Waals surface area (Å²) in [6, 6.07) is 8.25. The summed E-state index contributed by atoms with van der Waals surface area (Å²) in [5.41, 5.74) is 1.36. The predicted octanol–water partition coefficient (Wildman–Crippen LogP) is 3.94. The highest BCUT2D eigenvalue weighted by Crippen LogP contribution is 2.27. The number of hydrogen-bond donors (Lipinski definition) is 0. The lowest BCUT2D eigenvalue weighted by Crippen LogP contribution is -2.13. The first-order chi connectivity index (χ1) is 7.10. The predicted molar refractivity (Wildman–Crippen MR) is 65.5 cm³/mol. The summed E-state index contributed by atoms with van der Waals surface area (Å²) >= 11 is 0. The maximum Gasteiger partial charge on any atom is 0.119 e. The summed E-state index contributed by atoms with van der Waals surface area (Å²) in [5.74, 6) is 0.922. The van der Waals surface area contributed by atoms with Gasteiger partial charge in [-0.25, -0.2) is 0 Å². The van der Waals surface area contributed by atoms with Crippen LogP contribution in [0.3, 0.4) is 0 Å². The molecule has 0 saturated carbocycles. The van der Waals surface area contributed by atoms with Crippen molar-refractivity contribution in [2.24, 2.45) is 0 Å². The van der Waals surface area contributed by atoms with E-state index in [1.807, 2.05) is 12.1 Å². The zero-order valence-corrected chi connectivity index (χ0v) is 10.1. The zero-order chi connectivity index (χ0) is 11.3. The largest absolute Gasteiger partial charge is 0.497 e. The first-order valence-corrected chi connectivity index (χ1v) is 5.42. The summed E-state index contributed by atoms with van der Waals surface area (Å²) < 4.78 is 5.23. The highest BCUT2D eigenvalue weighted by molar-refractivity contribution is 5.35. The molecule has 15 heavy (non-hydrogen) atoms. The van der Waals surface area contributed by atoms with Crippen LogP contribution in [-0.2, 0) is 5.41 Å². The summed E-state index contributed by atoms with van der Waals surface area (Å²) in [6.07, 6.45) is 5.54. The Morgan fingerprint density at radius 3 is 2.67 bits per heavy atom. The van der Waals surface area contributed by atoms with Crippen LogP contribution in [0.1, 0.15) is 32.8 Å². The Hall–Kier alpha value is -1.24. The molecular formula is C14H20O. The third-order valence-corrected chi connectivity index (χ3v) is 2.58. The molecule has 1 rings (SSSR count). The van der Waals surface area contributed by atoms with Gasteiger partial charge < -0.3 is 4.74 Å². The highest BCUT2D eigenvalue weighted by atomic mass is 16.5. The normalized spacial score (nSPS) is 12.0. The molecule has 0 bridgehead atoms. The van der Waals surface area contributed by atoms with Gasteiger partial charge >= 0.3 is 0 Å². The van der Waals surface area contributed by atoms with Crippen LogP contribution in [0.4, 0.5) is 0 Å². The molecule has 0 saturated heterocycles. The maximum absolute atomic E-state index is 5.23. The Labute approximate surface area is 92.8 Å². The molecular weight excluding hydrogens is 184 g/mol. The molecule has 1 nitrogen and oxygen atoms in total. The van der Waals surface area contributed by atoms with Gasteiger partial charge in [0.05, 0.1) is 7.11 Å². The van der Waals surface area contributed by atoms with E-state index in [1.54, 1.807) is 7.11 Å². The van der Waals surface area contributed by atoms with Gasteiger partial charge in [-0.1, -0.05) is 45.1 Å². The molecule has 0 radical (unpaired) electrons. The molecule has 0 aliphatic heterocycles. The minimum atomic E-state index is 0.0740. The molecule has 0 atom stereocenters. The third kappa shape index (κ3) is 3.12. The fraction of sp³-hybridized carbons (Fsp3) is 0.429. The van der Waals surface area contributed by atoms with E-state index in [2.05, 4.69) is 45.1 Å². The van der Waals surface area contributed by atoms with Gasteiger partial charge in [0.15, 0.2) is 0 Å². The van der Waals surface area contributed by atoms with Crippen LogP contribution in [0, 0.1) is 0 Å². The first kappa shape index (κ1) is 11.8. The van der Waals surface area contributed by atoms with Crippen molar-refractivity contribution in [3.63, 3.8) is 0 Å². The van der Waals surface area contributed by atoms with E-state index in [0.717, 1.165) is 12.2 Å². The van der Waals surface area contributed by atoms with Gasteiger partial charge in [-0.05, 0) is 24.1 Å². The van der Waals surface area contributed by atoms with Crippen molar-refractivity contribution in [2.75, 3.05) is 7.11 Å². The molecule has 0 fully saturated rings. The van der Waals surface area contributed by atoms with Gasteiger partial charge in [-0.2, -0.15) is 0 Å². The topological polar surface area (TPSA) is 9.23 Å². The van der Waals surface area contributed by atoms with Crippen molar-refractivity contribution in [2.45, 2.75) is 32.6 Å². The van der Waals surface area contributed by atoms with Crippen molar-refractivity contribution in [3.05, 3.63) is 42.0 Å². The second kappa shape index (κ2) is 5.01. The average Bonchev–Trinajstić information content (AvgIpc) is 2.26. The number of methoxy groups -OCH3 is 1. The zero-order valence-electron chi connectivity index (χ0n) is 10.1. The maximum atomic E-state index is 5.23. The van der Waals surface area contributed by atoms with Crippen LogP contribution < -0.4 is 4.74 Å². The molecule has 0 unspecified atom stereocenters. The summed E-state index contributed by atoms with van der Waals surface area (Å²) in [6.45, 7) is 6.58. The van der Waals surface area contributed by atoms with E-state index in [0.29, 0.717) is 0 Å². The van der Waals surface area contributed by atoms with Crippen molar-refractivity contribution >= 4 is 0 Å². The smallest absolute Gasteiger partial charge is 0.119 e. The lowest BCUT2D eigenvalue weighted by atomic mass is 9.84. The van der Waals surface area contributed by atoms with Crippen molar-refractivity contribution in [1.82, 2.24) is 0 Å². The number of ether oxygens (including phenoxy) is 1. The minimum absolute atomic E-state index is 0.0740. The molecule has 0 amide bonds. The van der Waals surface area contributed by atoms with Crippen LogP contribution in [0.5, 0.6) is 5.75 Å². The van der Waals surface area contributed by atoms with Gasteiger partial charge in [-0.3, -0.25) is 0 Å². The number of allylic oxidation sites excluding steroid dienone is 2. The summed E-state index contributed by atoms with van der Waals surface area (Å²) in [7, 11) is 1.70. The fourth-order valence-corrected chi connectivity index (χ4v) is 1.53. The lowest BCUT2D eigenvalue weighted by Gasteiger charge is -2.21. The third-order valence-electron chi connectivity index (χ3n) is 2.58. The first-order valence-electron chi connectivity index (χ1n) is 5.42. The Morgan fingerprint density at radius 1 is 1.33 bits per heavy atom. The van der Waals surface area contributed by atoms with Gasteiger partial charge in [0, 0.05) is 5.41 Å². The highest BCUT2D eigenvalue weighted by Gasteiger charge is 2.16. The summed E-state index contributed by atoms with van der Waals surface area (Å²) in [4.78, 5) is 0. The molecule has 0 aliphatic rings. The Morgan fingerprint density at radius 2 is 2.07 bits per heavy atom. The van der Waals surface area contributed by atoms with E-state index >= 15 is 0 Å². The second-order valence-electron chi connectivity index (χ2n) is 4.26. The molecule has 1 heteroatoms. The average molecular weight is 204 g/mol. The minimum Gasteiger partial charge on any atom is -0.497 e. The van der Waals surface area contributed by atoms with Crippen LogP contribution in [0.25, 0.3) is 0 Å². The van der Waals surface area contributed by atoms with Crippen molar-refractivity contribution in [1.29, 1.82) is 0 Å². The van der Waals surface area contributed by atoms with E-state index < -0.39 is 0 Å². The second-order valence-corrected chi connectivity index (χ2v) is 4.26. The van der Waals surface area contributed by atoms with Gasteiger partial charge in [0.2, 0.25) is 0 Å². The van der Waals surface area contributed by atoms with Gasteiger partial charge in [-0.15, -0.1) is 0 Å². The summed E-state index contributed by atoms with van der Waals surface area (Å²) in [5, 5.41) is 0. The molecule has 0 spiro atoms. The number of benzene rings is 1. The monoisotopic (exact) mass is 204 g/mol. The number of hydrogen-bond acceptors (Lipinski definition) is 1. The van der Waals surface area contributed by atoms with E-state index in [1.165, 1.54) is 5.56 Å². The van der Waals surface area contributed by atoms with Gasteiger partial charge in [0.1, 0.15) is 5.75 Å². The molecule has 1 aromatic carbocycles. The molecule has 82 valence electrons. The van der Waals surface area contributed by atoms with E-state index in [-0.39, 0.29) is 5.41 Å². The quantitative estimate of drug-likeness (QED) is 0.675. The number of rotatable bonds is 4. The van der Waals surface area contributed by atoms with Gasteiger partial charge in [0.25, 0.3) is 0 Å². The molecule has 1 aromatic rings. The fourth-order valence-electron chi connectivity index (χ4n) is 1.53. The Balaban J connectivity index is 2.98. The molecule has 0 aromatic heterocycles. The molecule has 0 N–H and O–H groups in total. The van der Waals surface area contributed by atoms with E-state index in [4.69, 9.17) is 4.74 Å². The van der Waals surface area contributed by atoms with Crippen LogP contribution in [-0.4, -0.2) is 7.11 Å². The SMILES string of the molecule is CC/C=C\C(C)(C)c1cccc(OC)c1. The van der Waals surface area contributed by atoms with Crippen LogP contribution >= 0.6 is 0 Å². The van der Waals surface area contributed by atoms with Crippen LogP contribution in [0.2, 0.25) is 0 Å². The lowest BCUT2D eigenvalue weighted by molar-refractivity contribution is 0.413. The van der Waals surface area contributed by atoms with Crippen LogP contribution in [0.15, 0.2) is 36.4 Å². The van der Waals surface area contributed by atoms with E-state index in [9.17, 15) is 0 Å². The van der Waals surface area contributed by atoms with Crippen molar-refractivity contribution < 1.29 is 4.74 Å². The molecule has 0 aliphatic carbocycles.